The van der Waals surface area contributed by atoms with Crippen LogP contribution in [0.4, 0.5) is 0 Å². The van der Waals surface area contributed by atoms with Gasteiger partial charge in [0.05, 0.1) is 20.3 Å². The van der Waals surface area contributed by atoms with Gasteiger partial charge in [-0.3, -0.25) is 9.78 Å². The molecule has 1 amide bonds. The number of likely N-dealkylation sites (tertiary alicyclic amines) is 1. The Hall–Kier alpha value is -3.42. The lowest BCUT2D eigenvalue weighted by Gasteiger charge is -2.25. The second-order valence-electron chi connectivity index (χ2n) is 7.09. The highest BCUT2D eigenvalue weighted by molar-refractivity contribution is 5.77. The van der Waals surface area contributed by atoms with Gasteiger partial charge in [-0.2, -0.15) is 4.98 Å². The molecule has 1 aliphatic heterocycles. The van der Waals surface area contributed by atoms with Crippen molar-refractivity contribution in [2.75, 3.05) is 20.8 Å². The Morgan fingerprint density at radius 2 is 2.07 bits per heavy atom. The fraction of sp³-hybridized carbons (Fsp3) is 0.364. The number of benzene rings is 1. The first-order chi connectivity index (χ1) is 14.7. The summed E-state index contributed by atoms with van der Waals surface area (Å²) in [6, 6.07) is 11.4. The molecule has 156 valence electrons. The van der Waals surface area contributed by atoms with E-state index in [0.717, 1.165) is 24.9 Å². The molecule has 3 heterocycles. The topological polar surface area (TPSA) is 90.6 Å². The Kier molecular flexibility index (Phi) is 5.92. The Balaban J connectivity index is 1.41. The zero-order valence-corrected chi connectivity index (χ0v) is 17.1. The Morgan fingerprint density at radius 1 is 1.20 bits per heavy atom. The van der Waals surface area contributed by atoms with E-state index >= 15 is 0 Å². The van der Waals surface area contributed by atoms with Crippen LogP contribution in [0.1, 0.15) is 36.8 Å². The molecule has 1 aliphatic rings. The summed E-state index contributed by atoms with van der Waals surface area (Å²) >= 11 is 0. The van der Waals surface area contributed by atoms with Crippen LogP contribution in [0.3, 0.4) is 0 Å². The molecule has 1 aromatic carbocycles. The number of hydrogen-bond acceptors (Lipinski definition) is 7. The van der Waals surface area contributed by atoms with Gasteiger partial charge in [0.1, 0.15) is 5.69 Å². The number of aromatic nitrogens is 3. The number of amides is 1. The lowest BCUT2D eigenvalue weighted by molar-refractivity contribution is -0.132. The molecule has 0 radical (unpaired) electrons. The average Bonchev–Trinajstić information content (AvgIpc) is 3.47. The molecule has 0 aliphatic carbocycles. The van der Waals surface area contributed by atoms with Crippen molar-refractivity contribution in [1.82, 2.24) is 20.0 Å². The highest BCUT2D eigenvalue weighted by atomic mass is 16.5. The molecule has 1 atom stereocenters. The lowest BCUT2D eigenvalue weighted by atomic mass is 10.0. The van der Waals surface area contributed by atoms with Crippen molar-refractivity contribution in [3.05, 3.63) is 54.0 Å². The van der Waals surface area contributed by atoms with Crippen molar-refractivity contribution in [2.24, 2.45) is 0 Å². The zero-order chi connectivity index (χ0) is 20.9. The first-order valence-electron chi connectivity index (χ1n) is 9.95. The third kappa shape index (κ3) is 4.12. The molecule has 8 heteroatoms. The predicted octanol–water partition coefficient (Wildman–Crippen LogP) is 3.45. The van der Waals surface area contributed by atoms with Crippen molar-refractivity contribution in [1.29, 1.82) is 0 Å². The number of nitrogens with zero attached hydrogens (tertiary/aromatic N) is 4. The number of rotatable bonds is 7. The first kappa shape index (κ1) is 19.9. The van der Waals surface area contributed by atoms with Crippen molar-refractivity contribution >= 4 is 5.91 Å². The van der Waals surface area contributed by atoms with E-state index in [2.05, 4.69) is 15.1 Å². The van der Waals surface area contributed by atoms with Gasteiger partial charge in [0.15, 0.2) is 11.5 Å². The molecule has 1 saturated heterocycles. The van der Waals surface area contributed by atoms with Crippen molar-refractivity contribution in [3.63, 3.8) is 0 Å². The van der Waals surface area contributed by atoms with Crippen LogP contribution < -0.4 is 9.47 Å². The minimum absolute atomic E-state index is 0.0315. The molecule has 1 fully saturated rings. The summed E-state index contributed by atoms with van der Waals surface area (Å²) in [6.45, 7) is 0.737. The van der Waals surface area contributed by atoms with E-state index in [0.29, 0.717) is 41.7 Å². The molecule has 3 aromatic rings. The summed E-state index contributed by atoms with van der Waals surface area (Å²) in [7, 11) is 3.22. The molecular formula is C22H24N4O4. The number of ether oxygens (including phenoxy) is 2. The van der Waals surface area contributed by atoms with E-state index in [1.165, 1.54) is 0 Å². The molecular weight excluding hydrogens is 384 g/mol. The molecule has 8 nitrogen and oxygen atoms in total. The van der Waals surface area contributed by atoms with Gasteiger partial charge in [-0.15, -0.1) is 0 Å². The normalized spacial score (nSPS) is 15.9. The minimum Gasteiger partial charge on any atom is -0.493 e. The first-order valence-corrected chi connectivity index (χ1v) is 9.95. The summed E-state index contributed by atoms with van der Waals surface area (Å²) in [5.74, 6) is 2.29. The predicted molar refractivity (Wildman–Crippen MR) is 109 cm³/mol. The molecule has 0 bridgehead atoms. The molecule has 4 rings (SSSR count). The standard InChI is InChI=1S/C22H24N4O4/c1-28-18-9-8-15(14-19(18)29-2)17-7-5-13-26(17)21(27)11-10-20-24-22(25-30-20)16-6-3-4-12-23-16/h3-4,6,8-9,12,14,17H,5,7,10-11,13H2,1-2H3/t17-/m1/s1. The summed E-state index contributed by atoms with van der Waals surface area (Å²) in [5, 5.41) is 3.96. The van der Waals surface area contributed by atoms with Gasteiger partial charge < -0.3 is 18.9 Å². The largest absolute Gasteiger partial charge is 0.493 e. The SMILES string of the molecule is COc1ccc([C@H]2CCCN2C(=O)CCc2nc(-c3ccccn3)no2)cc1OC. The van der Waals surface area contributed by atoms with E-state index in [1.54, 1.807) is 20.4 Å². The minimum atomic E-state index is 0.0315. The zero-order valence-electron chi connectivity index (χ0n) is 17.1. The number of carbonyl (C=O) groups is 1. The van der Waals surface area contributed by atoms with Gasteiger partial charge in [0.25, 0.3) is 0 Å². The maximum absolute atomic E-state index is 12.9. The molecule has 0 spiro atoms. The summed E-state index contributed by atoms with van der Waals surface area (Å²) in [5.41, 5.74) is 1.70. The van der Waals surface area contributed by atoms with E-state index < -0.39 is 0 Å². The third-order valence-corrected chi connectivity index (χ3v) is 5.28. The Labute approximate surface area is 174 Å². The number of hydrogen-bond donors (Lipinski definition) is 0. The maximum atomic E-state index is 12.9. The fourth-order valence-electron chi connectivity index (χ4n) is 3.78. The summed E-state index contributed by atoms with van der Waals surface area (Å²) in [6.07, 6.45) is 4.28. The van der Waals surface area contributed by atoms with Crippen LogP contribution in [0.25, 0.3) is 11.5 Å². The number of carbonyl (C=O) groups excluding carboxylic acids is 1. The van der Waals surface area contributed by atoms with Crippen LogP contribution in [0, 0.1) is 0 Å². The third-order valence-electron chi connectivity index (χ3n) is 5.28. The molecule has 0 saturated carbocycles. The molecule has 0 N–H and O–H groups in total. The van der Waals surface area contributed by atoms with Gasteiger partial charge >= 0.3 is 0 Å². The van der Waals surface area contributed by atoms with Gasteiger partial charge in [0, 0.05) is 25.6 Å². The van der Waals surface area contributed by atoms with Crippen molar-refractivity contribution < 1.29 is 18.8 Å². The van der Waals surface area contributed by atoms with E-state index in [-0.39, 0.29) is 11.9 Å². The average molecular weight is 408 g/mol. The van der Waals surface area contributed by atoms with Gasteiger partial charge in [0.2, 0.25) is 17.6 Å². The Bertz CT molecular complexity index is 1010. The van der Waals surface area contributed by atoms with Gasteiger partial charge in [-0.05, 0) is 42.7 Å². The maximum Gasteiger partial charge on any atom is 0.227 e. The molecule has 30 heavy (non-hydrogen) atoms. The van der Waals surface area contributed by atoms with E-state index in [4.69, 9.17) is 14.0 Å². The number of pyridine rings is 1. The number of methoxy groups -OCH3 is 2. The van der Waals surface area contributed by atoms with Crippen LogP contribution in [0.2, 0.25) is 0 Å². The van der Waals surface area contributed by atoms with Gasteiger partial charge in [-0.1, -0.05) is 17.3 Å². The molecule has 0 unspecified atom stereocenters. The molecule has 2 aromatic heterocycles. The van der Waals surface area contributed by atoms with Crippen LogP contribution in [0.5, 0.6) is 11.5 Å². The van der Waals surface area contributed by atoms with Crippen LogP contribution in [-0.4, -0.2) is 46.7 Å². The second-order valence-corrected chi connectivity index (χ2v) is 7.09. The highest BCUT2D eigenvalue weighted by Gasteiger charge is 2.30. The smallest absolute Gasteiger partial charge is 0.227 e. The quantitative estimate of drug-likeness (QED) is 0.591. The van der Waals surface area contributed by atoms with E-state index in [1.807, 2.05) is 41.3 Å². The van der Waals surface area contributed by atoms with E-state index in [9.17, 15) is 4.79 Å². The number of aryl methyl sites for hydroxylation is 1. The van der Waals surface area contributed by atoms with Crippen molar-refractivity contribution in [3.8, 4) is 23.0 Å². The Morgan fingerprint density at radius 3 is 2.83 bits per heavy atom. The summed E-state index contributed by atoms with van der Waals surface area (Å²) < 4.78 is 16.0. The summed E-state index contributed by atoms with van der Waals surface area (Å²) in [4.78, 5) is 23.4. The van der Waals surface area contributed by atoms with Crippen LogP contribution >= 0.6 is 0 Å². The fourth-order valence-corrected chi connectivity index (χ4v) is 3.78. The lowest BCUT2D eigenvalue weighted by Crippen LogP contribution is -2.30. The second kappa shape index (κ2) is 8.94. The van der Waals surface area contributed by atoms with Crippen molar-refractivity contribution in [2.45, 2.75) is 31.7 Å². The van der Waals surface area contributed by atoms with Crippen LogP contribution in [0.15, 0.2) is 47.1 Å². The van der Waals surface area contributed by atoms with Gasteiger partial charge in [-0.25, -0.2) is 0 Å². The van der Waals surface area contributed by atoms with Crippen LogP contribution in [-0.2, 0) is 11.2 Å². The highest BCUT2D eigenvalue weighted by Crippen LogP contribution is 2.37. The monoisotopic (exact) mass is 408 g/mol.